The molecule has 1 aliphatic heterocycles. The maximum atomic E-state index is 12.6. The highest BCUT2D eigenvalue weighted by Gasteiger charge is 2.28. The summed E-state index contributed by atoms with van der Waals surface area (Å²) in [4.78, 5) is 21.2. The van der Waals surface area contributed by atoms with Crippen LogP contribution in [0, 0.1) is 5.92 Å². The topological polar surface area (TPSA) is 68.2 Å². The lowest BCUT2D eigenvalue weighted by molar-refractivity contribution is -0.135. The van der Waals surface area contributed by atoms with E-state index < -0.39 is 0 Å². The molecule has 0 bridgehead atoms. The van der Waals surface area contributed by atoms with Gasteiger partial charge < -0.3 is 20.2 Å². The van der Waals surface area contributed by atoms with Gasteiger partial charge in [-0.15, -0.1) is 24.0 Å². The van der Waals surface area contributed by atoms with Crippen LogP contribution in [0.5, 0.6) is 0 Å². The van der Waals surface area contributed by atoms with Crippen LogP contribution < -0.4 is 5.32 Å². The smallest absolute Gasteiger partial charge is 0.242 e. The number of rotatable bonds is 5. The Morgan fingerprint density at radius 2 is 2.04 bits per heavy atom. The zero-order chi connectivity index (χ0) is 19.2. The summed E-state index contributed by atoms with van der Waals surface area (Å²) in [5.74, 6) is 1.11. The van der Waals surface area contributed by atoms with E-state index in [1.54, 1.807) is 0 Å². The molecule has 1 aromatic carbocycles. The molecule has 1 saturated carbocycles. The van der Waals surface area contributed by atoms with E-state index in [9.17, 15) is 9.90 Å². The Morgan fingerprint density at radius 3 is 2.64 bits per heavy atom. The number of nitrogens with one attached hydrogen (secondary N) is 1. The average molecular weight is 521 g/mol. The first-order valence-corrected chi connectivity index (χ1v) is 10.2. The summed E-state index contributed by atoms with van der Waals surface area (Å²) in [6.45, 7) is 5.74. The Bertz CT molecular complexity index is 671. The first-order chi connectivity index (χ1) is 13.1. The number of aliphatic hydroxyl groups is 1. The van der Waals surface area contributed by atoms with Crippen LogP contribution in [-0.2, 0) is 11.3 Å². The highest BCUT2D eigenvalue weighted by atomic mass is 127. The van der Waals surface area contributed by atoms with Crippen molar-refractivity contribution in [3.63, 3.8) is 0 Å². The third kappa shape index (κ3) is 6.22. The minimum atomic E-state index is -0.241. The lowest BCUT2D eigenvalue weighted by atomic mass is 10.1. The number of guanidine groups is 1. The number of aliphatic hydroxyl groups excluding tert-OH is 1. The van der Waals surface area contributed by atoms with Crippen molar-refractivity contribution < 1.29 is 9.90 Å². The van der Waals surface area contributed by atoms with Gasteiger partial charge in [0.15, 0.2) is 5.96 Å². The van der Waals surface area contributed by atoms with Gasteiger partial charge in [0.1, 0.15) is 0 Å². The molecule has 1 aromatic rings. The molecule has 0 aromatic heterocycles. The quantitative estimate of drug-likeness (QED) is 0.356. The number of amides is 1. The van der Waals surface area contributed by atoms with Crippen molar-refractivity contribution in [1.29, 1.82) is 0 Å². The molecule has 1 aliphatic carbocycles. The van der Waals surface area contributed by atoms with E-state index in [1.807, 2.05) is 41.0 Å². The van der Waals surface area contributed by atoms with Crippen LogP contribution in [0.4, 0.5) is 0 Å². The molecule has 6 nitrogen and oxygen atoms in total. The van der Waals surface area contributed by atoms with E-state index in [4.69, 9.17) is 16.6 Å². The summed E-state index contributed by atoms with van der Waals surface area (Å²) < 4.78 is 0. The fourth-order valence-electron chi connectivity index (χ4n) is 3.73. The monoisotopic (exact) mass is 520 g/mol. The molecule has 2 atom stereocenters. The zero-order valence-electron chi connectivity index (χ0n) is 16.3. The van der Waals surface area contributed by atoms with E-state index in [0.29, 0.717) is 31.2 Å². The number of carbonyl (C=O) groups is 1. The van der Waals surface area contributed by atoms with Crippen molar-refractivity contribution in [2.24, 2.45) is 10.9 Å². The van der Waals surface area contributed by atoms with Crippen LogP contribution in [0.25, 0.3) is 0 Å². The first-order valence-electron chi connectivity index (χ1n) is 9.80. The maximum Gasteiger partial charge on any atom is 0.242 e. The number of halogens is 2. The fourth-order valence-corrected chi connectivity index (χ4v) is 3.85. The number of hydrogen-bond donors (Lipinski definition) is 2. The van der Waals surface area contributed by atoms with Gasteiger partial charge in [0.05, 0.1) is 12.6 Å². The Kier molecular flexibility index (Phi) is 9.30. The van der Waals surface area contributed by atoms with E-state index in [1.165, 1.54) is 0 Å². The standard InChI is InChI=1S/C20H29ClN4O2.HI/c1-2-22-20(23-12-16-4-3-5-18(16)26)25-11-10-24(19(27)14-25)13-15-6-8-17(21)9-7-15;/h6-9,16,18,26H,2-5,10-14H2,1H3,(H,22,23);1H. The molecule has 2 unspecified atom stereocenters. The minimum Gasteiger partial charge on any atom is -0.393 e. The molecule has 1 amide bonds. The van der Waals surface area contributed by atoms with Crippen LogP contribution in [0.2, 0.25) is 5.02 Å². The van der Waals surface area contributed by atoms with E-state index in [-0.39, 0.29) is 41.9 Å². The Morgan fingerprint density at radius 1 is 1.29 bits per heavy atom. The minimum absolute atomic E-state index is 0. The molecule has 1 heterocycles. The molecule has 2 N–H and O–H groups in total. The normalized spacial score (nSPS) is 23.0. The second-order valence-corrected chi connectivity index (χ2v) is 7.75. The van der Waals surface area contributed by atoms with Gasteiger partial charge in [-0.1, -0.05) is 30.2 Å². The predicted molar refractivity (Wildman–Crippen MR) is 123 cm³/mol. The van der Waals surface area contributed by atoms with Crippen LogP contribution in [0.1, 0.15) is 31.7 Å². The van der Waals surface area contributed by atoms with Gasteiger partial charge in [-0.2, -0.15) is 0 Å². The molecule has 156 valence electrons. The molecule has 0 spiro atoms. The van der Waals surface area contributed by atoms with E-state index in [2.05, 4.69) is 5.32 Å². The summed E-state index contributed by atoms with van der Waals surface area (Å²) >= 11 is 5.93. The van der Waals surface area contributed by atoms with Crippen LogP contribution >= 0.6 is 35.6 Å². The molecule has 2 fully saturated rings. The summed E-state index contributed by atoms with van der Waals surface area (Å²) in [6.07, 6.45) is 2.73. The predicted octanol–water partition coefficient (Wildman–Crippen LogP) is 2.73. The van der Waals surface area contributed by atoms with Crippen molar-refractivity contribution in [3.8, 4) is 0 Å². The zero-order valence-corrected chi connectivity index (χ0v) is 19.4. The molecule has 0 radical (unpaired) electrons. The second kappa shape index (κ2) is 11.2. The average Bonchev–Trinajstić information content (AvgIpc) is 3.07. The van der Waals surface area contributed by atoms with Gasteiger partial charge in [-0.3, -0.25) is 9.79 Å². The summed E-state index contributed by atoms with van der Waals surface area (Å²) in [5, 5.41) is 14.0. The molecular weight excluding hydrogens is 491 g/mol. The van der Waals surface area contributed by atoms with E-state index in [0.717, 1.165) is 43.9 Å². The number of nitrogens with zero attached hydrogens (tertiary/aromatic N) is 3. The van der Waals surface area contributed by atoms with Crippen LogP contribution in [0.3, 0.4) is 0 Å². The molecule has 2 aliphatic rings. The Balaban J connectivity index is 0.00000280. The van der Waals surface area contributed by atoms with Gasteiger partial charge in [0.25, 0.3) is 0 Å². The van der Waals surface area contributed by atoms with Crippen molar-refractivity contribution in [2.75, 3.05) is 32.7 Å². The number of piperazine rings is 1. The maximum absolute atomic E-state index is 12.6. The SMILES string of the molecule is CCNC(=NCC1CCCC1O)N1CCN(Cc2ccc(Cl)cc2)C(=O)C1.I. The van der Waals surface area contributed by atoms with Gasteiger partial charge in [-0.25, -0.2) is 0 Å². The number of carbonyl (C=O) groups excluding carboxylic acids is 1. The van der Waals surface area contributed by atoms with Gasteiger partial charge >= 0.3 is 0 Å². The third-order valence-electron chi connectivity index (χ3n) is 5.33. The fraction of sp³-hybridized carbons (Fsp3) is 0.600. The summed E-state index contributed by atoms with van der Waals surface area (Å²) in [7, 11) is 0. The Labute approximate surface area is 189 Å². The summed E-state index contributed by atoms with van der Waals surface area (Å²) in [5.41, 5.74) is 1.08. The van der Waals surface area contributed by atoms with Gasteiger partial charge in [0.2, 0.25) is 5.91 Å². The molecular formula is C20H30ClIN4O2. The van der Waals surface area contributed by atoms with Gasteiger partial charge in [-0.05, 0) is 37.5 Å². The lowest BCUT2D eigenvalue weighted by Gasteiger charge is -2.36. The second-order valence-electron chi connectivity index (χ2n) is 7.32. The van der Waals surface area contributed by atoms with Crippen LogP contribution in [-0.4, -0.2) is 65.6 Å². The van der Waals surface area contributed by atoms with Crippen molar-refractivity contribution >= 4 is 47.4 Å². The largest absolute Gasteiger partial charge is 0.393 e. The first kappa shape index (κ1) is 23.2. The highest BCUT2D eigenvalue weighted by molar-refractivity contribution is 14.0. The molecule has 1 saturated heterocycles. The number of benzene rings is 1. The van der Waals surface area contributed by atoms with Crippen molar-refractivity contribution in [3.05, 3.63) is 34.9 Å². The number of hydrogen-bond acceptors (Lipinski definition) is 3. The molecule has 3 rings (SSSR count). The van der Waals surface area contributed by atoms with Crippen LogP contribution in [0.15, 0.2) is 29.3 Å². The van der Waals surface area contributed by atoms with Gasteiger partial charge in [0, 0.05) is 43.7 Å². The number of aliphatic imine (C=N–C) groups is 1. The van der Waals surface area contributed by atoms with Crippen molar-refractivity contribution in [1.82, 2.24) is 15.1 Å². The molecule has 8 heteroatoms. The highest BCUT2D eigenvalue weighted by Crippen LogP contribution is 2.25. The van der Waals surface area contributed by atoms with E-state index >= 15 is 0 Å². The molecule has 28 heavy (non-hydrogen) atoms. The lowest BCUT2D eigenvalue weighted by Crippen LogP contribution is -2.55. The Hall–Kier alpha value is -1.06. The third-order valence-corrected chi connectivity index (χ3v) is 5.59. The van der Waals surface area contributed by atoms with Crippen molar-refractivity contribution in [2.45, 2.75) is 38.8 Å². The summed E-state index contributed by atoms with van der Waals surface area (Å²) in [6, 6.07) is 7.62.